The minimum absolute atomic E-state index is 0. The Labute approximate surface area is 318 Å². The van der Waals surface area contributed by atoms with Crippen molar-refractivity contribution in [3.8, 4) is 11.3 Å². The topological polar surface area (TPSA) is 63.1 Å². The Morgan fingerprint density at radius 3 is 2.14 bits per heavy atom. The van der Waals surface area contributed by atoms with Crippen molar-refractivity contribution in [3.05, 3.63) is 95.9 Å². The first-order chi connectivity index (χ1) is 23.7. The summed E-state index contributed by atoms with van der Waals surface area (Å²) < 4.78 is 0. The first-order valence-corrected chi connectivity index (χ1v) is 21.3. The largest absolute Gasteiger partial charge is 0.512 e. The van der Waals surface area contributed by atoms with Gasteiger partial charge in [0.15, 0.2) is 5.78 Å². The summed E-state index contributed by atoms with van der Waals surface area (Å²) in [5, 5.41) is 21.7. The van der Waals surface area contributed by atoms with Gasteiger partial charge in [-0.2, -0.15) is 0 Å². The van der Waals surface area contributed by atoms with Gasteiger partial charge < -0.3 is 10.1 Å². The summed E-state index contributed by atoms with van der Waals surface area (Å²) in [6.07, 6.45) is 6.71. The van der Waals surface area contributed by atoms with Crippen molar-refractivity contribution >= 4 is 67.6 Å². The number of aryl methyl sites for hydroxylation is 2. The van der Waals surface area contributed by atoms with E-state index in [2.05, 4.69) is 93.7 Å². The van der Waals surface area contributed by atoms with Crippen molar-refractivity contribution in [1.82, 2.24) is 9.97 Å². The van der Waals surface area contributed by atoms with Gasteiger partial charge in [0.2, 0.25) is 0 Å². The molecule has 0 saturated heterocycles. The SMILES string of the molecule is CCC(C)(CC)C(=O)/C=C(\O)C(C)(CC)CC.Cc1cc2ccc3c4ccnc5c4c(cc3c2cc1C)[Si](C)(C)c1nc2ccccc2[c-]c1-5.[Ir]. The number of ketones is 1. The molecule has 1 aliphatic rings. The van der Waals surface area contributed by atoms with Gasteiger partial charge in [-0.3, -0.25) is 9.78 Å². The Morgan fingerprint density at radius 1 is 0.824 bits per heavy atom. The van der Waals surface area contributed by atoms with Crippen molar-refractivity contribution in [1.29, 1.82) is 0 Å². The van der Waals surface area contributed by atoms with Gasteiger partial charge in [-0.05, 0) is 99.9 Å². The summed E-state index contributed by atoms with van der Waals surface area (Å²) in [6.45, 7) is 21.3. The maximum atomic E-state index is 12.2. The van der Waals surface area contributed by atoms with Crippen molar-refractivity contribution in [2.24, 2.45) is 10.8 Å². The molecule has 0 spiro atoms. The molecule has 0 aliphatic carbocycles. The van der Waals surface area contributed by atoms with Gasteiger partial charge in [0.05, 0.1) is 8.07 Å². The van der Waals surface area contributed by atoms with Crippen LogP contribution < -0.4 is 10.5 Å². The first-order valence-electron chi connectivity index (χ1n) is 18.3. The maximum absolute atomic E-state index is 12.2. The molecule has 0 atom stereocenters. The number of hydrogen-bond donors (Lipinski definition) is 1. The number of nitrogens with zero attached hydrogens (tertiary/aromatic N) is 2. The van der Waals surface area contributed by atoms with Gasteiger partial charge in [0.25, 0.3) is 0 Å². The van der Waals surface area contributed by atoms with Gasteiger partial charge in [-0.15, -0.1) is 12.1 Å². The van der Waals surface area contributed by atoms with Crippen LogP contribution in [0, 0.1) is 30.7 Å². The summed E-state index contributed by atoms with van der Waals surface area (Å²) in [4.78, 5) is 22.3. The second-order valence-corrected chi connectivity index (χ2v) is 19.6. The molecule has 1 radical (unpaired) electrons. The van der Waals surface area contributed by atoms with E-state index >= 15 is 0 Å². The van der Waals surface area contributed by atoms with Crippen LogP contribution in [0.3, 0.4) is 0 Å². The number of para-hydroxylation sites is 1. The molecule has 6 heteroatoms. The molecule has 6 aromatic rings. The molecule has 1 N–H and O–H groups in total. The Hall–Kier alpha value is -3.70. The average molecular weight is 872 g/mol. The first kappa shape index (κ1) is 38.5. The number of fused-ring (bicyclic) bond motifs is 7. The van der Waals surface area contributed by atoms with Crippen LogP contribution in [0.4, 0.5) is 0 Å². The van der Waals surface area contributed by atoms with Crippen LogP contribution >= 0.6 is 0 Å². The van der Waals surface area contributed by atoms with Crippen LogP contribution in [0.15, 0.2) is 78.7 Å². The predicted octanol–water partition coefficient (Wildman–Crippen LogP) is 11.0. The maximum Gasteiger partial charge on any atom is 0.164 e. The Kier molecular flexibility index (Phi) is 10.9. The number of rotatable bonds is 7. The zero-order chi connectivity index (χ0) is 36.2. The number of aliphatic hydroxyl groups is 1. The van der Waals surface area contributed by atoms with E-state index < -0.39 is 8.07 Å². The van der Waals surface area contributed by atoms with Gasteiger partial charge in [-0.1, -0.05) is 119 Å². The summed E-state index contributed by atoms with van der Waals surface area (Å²) >= 11 is 0. The number of carbonyl (C=O) groups is 1. The van der Waals surface area contributed by atoms with Crippen LogP contribution in [0.5, 0.6) is 0 Å². The number of pyridine rings is 2. The zero-order valence-electron chi connectivity index (χ0n) is 31.8. The molecule has 4 aromatic carbocycles. The van der Waals surface area contributed by atoms with Crippen LogP contribution in [0.1, 0.15) is 78.4 Å². The van der Waals surface area contributed by atoms with E-state index in [0.717, 1.165) is 47.8 Å². The second-order valence-electron chi connectivity index (χ2n) is 15.4. The molecule has 51 heavy (non-hydrogen) atoms. The second kappa shape index (κ2) is 14.4. The smallest absolute Gasteiger partial charge is 0.164 e. The number of benzene rings is 4. The van der Waals surface area contributed by atoms with Crippen molar-refractivity contribution in [2.45, 2.75) is 94.2 Å². The van der Waals surface area contributed by atoms with E-state index in [-0.39, 0.29) is 42.5 Å². The fraction of sp³-hybridized carbons (Fsp3) is 0.356. The van der Waals surface area contributed by atoms with Gasteiger partial charge in [-0.25, -0.2) is 0 Å². The summed E-state index contributed by atoms with van der Waals surface area (Å²) in [5.41, 5.74) is 5.22. The molecule has 1 aliphatic heterocycles. The van der Waals surface area contributed by atoms with Crippen LogP contribution in [0.25, 0.3) is 54.5 Å². The third-order valence-corrected chi connectivity index (χ3v) is 15.5. The number of carbonyl (C=O) groups excluding carboxylic acids is 1. The molecule has 7 rings (SSSR count). The van der Waals surface area contributed by atoms with Crippen LogP contribution in [-0.4, -0.2) is 28.9 Å². The minimum atomic E-state index is -2.09. The van der Waals surface area contributed by atoms with E-state index in [4.69, 9.17) is 9.97 Å². The van der Waals surface area contributed by atoms with E-state index in [1.165, 1.54) is 60.0 Å². The Balaban J connectivity index is 0.000000242. The van der Waals surface area contributed by atoms with E-state index in [1.54, 1.807) is 0 Å². The predicted molar refractivity (Wildman–Crippen MR) is 216 cm³/mol. The average Bonchev–Trinajstić information content (AvgIpc) is 3.13. The molecule has 3 heterocycles. The molecule has 0 unspecified atom stereocenters. The molecule has 0 fully saturated rings. The fourth-order valence-electron chi connectivity index (χ4n) is 7.35. The summed E-state index contributed by atoms with van der Waals surface area (Å²) in [7, 11) is -2.09. The molecular weight excluding hydrogens is 821 g/mol. The summed E-state index contributed by atoms with van der Waals surface area (Å²) in [5.74, 6) is 0.286. The van der Waals surface area contributed by atoms with Crippen molar-refractivity contribution in [2.75, 3.05) is 0 Å². The molecule has 0 saturated carbocycles. The number of aromatic nitrogens is 2. The Bertz CT molecular complexity index is 2330. The van der Waals surface area contributed by atoms with Crippen molar-refractivity contribution < 1.29 is 30.0 Å². The van der Waals surface area contributed by atoms with Crippen LogP contribution in [0.2, 0.25) is 13.1 Å². The molecule has 0 amide bonds. The minimum Gasteiger partial charge on any atom is -0.512 e. The standard InChI is InChI=1S/C30H23N2Si.C15H28O2.Ir/c1-17-13-19-9-10-21-22-11-12-31-29-25-15-20-7-5-6-8-26(20)32-30(25)33(3,4)27(28(22)29)16-24(21)23(19)14-18(17)2;1-7-14(5,8-2)12(16)11-13(17)15(6,9-3)10-4;/h5-14,16H,1-4H3;11,16H,7-10H2,1-6H3;/q-1;;/b;12-11-;. The molecule has 2 aromatic heterocycles. The molecular formula is C45H51IrN2O2Si-. The van der Waals surface area contributed by atoms with E-state index in [0.29, 0.717) is 0 Å². The van der Waals surface area contributed by atoms with Gasteiger partial charge >= 0.3 is 0 Å². The zero-order valence-corrected chi connectivity index (χ0v) is 35.2. The Morgan fingerprint density at radius 2 is 1.47 bits per heavy atom. The monoisotopic (exact) mass is 872 g/mol. The quantitative estimate of drug-likeness (QED) is 0.0571. The van der Waals surface area contributed by atoms with Crippen LogP contribution in [-0.2, 0) is 24.9 Å². The van der Waals surface area contributed by atoms with Crippen molar-refractivity contribution in [3.63, 3.8) is 0 Å². The normalized spacial score (nSPS) is 13.9. The van der Waals surface area contributed by atoms with E-state index in [1.807, 2.05) is 47.7 Å². The number of hydrogen-bond acceptors (Lipinski definition) is 4. The molecule has 4 nitrogen and oxygen atoms in total. The molecule has 267 valence electrons. The number of aliphatic hydroxyl groups excluding tert-OH is 1. The third-order valence-electron chi connectivity index (χ3n) is 12.2. The summed E-state index contributed by atoms with van der Waals surface area (Å²) in [6, 6.07) is 25.9. The van der Waals surface area contributed by atoms with Gasteiger partial charge in [0.1, 0.15) is 5.76 Å². The third kappa shape index (κ3) is 6.49. The molecule has 0 bridgehead atoms. The van der Waals surface area contributed by atoms with E-state index in [9.17, 15) is 9.90 Å². The van der Waals surface area contributed by atoms with Gasteiger partial charge in [0, 0.05) is 48.9 Å². The fourth-order valence-corrected chi connectivity index (χ4v) is 10.2. The number of allylic oxidation sites excluding steroid dienone is 2.